The Morgan fingerprint density at radius 2 is 1.79 bits per heavy atom. The molecule has 1 aromatic heterocycles. The molecule has 3 heterocycles. The summed E-state index contributed by atoms with van der Waals surface area (Å²) in [5, 5.41) is 16.1. The number of carbonyl (C=O) groups is 1. The number of nitrogens with zero attached hydrogens (tertiary/aromatic N) is 4. The third kappa shape index (κ3) is 3.73. The smallest absolute Gasteiger partial charge is 0.283 e. The fraction of sp³-hybridized carbons (Fsp3) is 0.120. The topological polar surface area (TPSA) is 73.8 Å². The van der Waals surface area contributed by atoms with Crippen LogP contribution in [-0.4, -0.2) is 31.5 Å². The van der Waals surface area contributed by atoms with Gasteiger partial charge in [-0.2, -0.15) is 15.1 Å². The van der Waals surface area contributed by atoms with E-state index in [4.69, 9.17) is 17.0 Å². The molecule has 0 bridgehead atoms. The molecule has 33 heavy (non-hydrogen) atoms. The number of benzene rings is 2. The lowest BCUT2D eigenvalue weighted by Gasteiger charge is -2.20. The summed E-state index contributed by atoms with van der Waals surface area (Å²) >= 11 is 7.54. The van der Waals surface area contributed by atoms with E-state index in [-0.39, 0.29) is 11.4 Å². The largest absolute Gasteiger partial charge is 0.318 e. The molecule has 2 aromatic carbocycles. The molecule has 0 aliphatic carbocycles. The molecular weight excluding hydrogens is 454 g/mol. The molecule has 0 saturated carbocycles. The van der Waals surface area contributed by atoms with Crippen molar-refractivity contribution < 1.29 is 4.79 Å². The van der Waals surface area contributed by atoms with Crippen LogP contribution in [0.4, 0.5) is 0 Å². The van der Waals surface area contributed by atoms with E-state index in [2.05, 4.69) is 45.9 Å². The molecule has 2 aliphatic rings. The Bertz CT molecular complexity index is 1420. The van der Waals surface area contributed by atoms with E-state index in [1.807, 2.05) is 38.1 Å². The zero-order chi connectivity index (χ0) is 23.3. The van der Waals surface area contributed by atoms with Crippen LogP contribution in [-0.2, 0) is 4.79 Å². The molecule has 2 aliphatic heterocycles. The highest BCUT2D eigenvalue weighted by atomic mass is 35.5. The lowest BCUT2D eigenvalue weighted by molar-refractivity contribution is -0.114. The van der Waals surface area contributed by atoms with Gasteiger partial charge in [-0.25, -0.2) is 0 Å². The fourth-order valence-corrected chi connectivity index (χ4v) is 5.13. The Kier molecular flexibility index (Phi) is 5.31. The normalized spacial score (nSPS) is 16.8. The maximum absolute atomic E-state index is 12.9. The van der Waals surface area contributed by atoms with Gasteiger partial charge in [-0.3, -0.25) is 10.2 Å². The average molecular weight is 474 g/mol. The zero-order valence-electron chi connectivity index (χ0n) is 18.3. The van der Waals surface area contributed by atoms with E-state index < -0.39 is 5.91 Å². The summed E-state index contributed by atoms with van der Waals surface area (Å²) in [4.78, 5) is 17.0. The second-order valence-corrected chi connectivity index (χ2v) is 9.27. The number of hydrazone groups is 1. The standard InChI is InChI=1S/C25H20ClN5OS/c1-14-8-10-18(11-9-14)30-15(2)12-17(16(30)3)13-20-22(27)31-25(28-23(20)32)33-24(29-31)19-6-4-5-7-21(19)26/h4-13,27H,1-3H3. The zero-order valence-corrected chi connectivity index (χ0v) is 19.8. The van der Waals surface area contributed by atoms with Gasteiger partial charge >= 0.3 is 0 Å². The van der Waals surface area contributed by atoms with Gasteiger partial charge in [0, 0.05) is 22.6 Å². The van der Waals surface area contributed by atoms with Crippen molar-refractivity contribution in [2.75, 3.05) is 0 Å². The van der Waals surface area contributed by atoms with Crippen LogP contribution < -0.4 is 0 Å². The lowest BCUT2D eigenvalue weighted by atomic mass is 10.1. The first kappa shape index (κ1) is 21.4. The predicted octanol–water partition coefficient (Wildman–Crippen LogP) is 5.72. The summed E-state index contributed by atoms with van der Waals surface area (Å²) in [5.74, 6) is -0.450. The van der Waals surface area contributed by atoms with Crippen LogP contribution in [0.2, 0.25) is 5.02 Å². The Morgan fingerprint density at radius 1 is 1.06 bits per heavy atom. The third-order valence-corrected chi connectivity index (χ3v) is 6.89. The number of hydrogen-bond donors (Lipinski definition) is 1. The number of thioether (sulfide) groups is 1. The molecule has 3 aromatic rings. The molecule has 0 unspecified atom stereocenters. The Labute approximate surface area is 200 Å². The SMILES string of the molecule is Cc1ccc(-n2c(C)cc(C=C3C(=N)N4N=C(c5ccccc5Cl)SC4=NC3=O)c2C)cc1. The van der Waals surface area contributed by atoms with Gasteiger partial charge in [-0.15, -0.1) is 0 Å². The Balaban J connectivity index is 1.52. The summed E-state index contributed by atoms with van der Waals surface area (Å²) in [7, 11) is 0. The van der Waals surface area contributed by atoms with E-state index in [0.29, 0.717) is 15.2 Å². The van der Waals surface area contributed by atoms with Crippen molar-refractivity contribution in [1.29, 1.82) is 5.41 Å². The Morgan fingerprint density at radius 3 is 2.52 bits per heavy atom. The third-order valence-electron chi connectivity index (χ3n) is 5.62. The molecule has 0 atom stereocenters. The van der Waals surface area contributed by atoms with Gasteiger partial charge in [0.15, 0.2) is 5.84 Å². The monoisotopic (exact) mass is 473 g/mol. The van der Waals surface area contributed by atoms with Gasteiger partial charge in [0.25, 0.3) is 5.91 Å². The number of aliphatic imine (C=N–C) groups is 1. The van der Waals surface area contributed by atoms with E-state index in [9.17, 15) is 4.79 Å². The number of fused-ring (bicyclic) bond motifs is 1. The first-order valence-electron chi connectivity index (χ1n) is 10.3. The van der Waals surface area contributed by atoms with Crippen LogP contribution in [0.1, 0.15) is 28.1 Å². The second kappa shape index (κ2) is 8.17. The van der Waals surface area contributed by atoms with Crippen molar-refractivity contribution in [3.63, 3.8) is 0 Å². The Hall–Kier alpha value is -3.42. The molecule has 1 N–H and O–H groups in total. The number of rotatable bonds is 3. The minimum Gasteiger partial charge on any atom is -0.318 e. The summed E-state index contributed by atoms with van der Waals surface area (Å²) in [6.45, 7) is 6.08. The molecule has 8 heteroatoms. The number of amidine groups is 2. The van der Waals surface area contributed by atoms with Crippen LogP contribution in [0.25, 0.3) is 11.8 Å². The molecular formula is C25H20ClN5OS. The molecule has 5 rings (SSSR count). The number of aryl methyl sites for hydroxylation is 2. The van der Waals surface area contributed by atoms with Crippen LogP contribution in [0.15, 0.2) is 70.3 Å². The highest BCUT2D eigenvalue weighted by Crippen LogP contribution is 2.33. The first-order chi connectivity index (χ1) is 15.8. The number of amides is 1. The number of nitrogens with one attached hydrogen (secondary N) is 1. The molecule has 0 radical (unpaired) electrons. The van der Waals surface area contributed by atoms with Crippen molar-refractivity contribution in [1.82, 2.24) is 9.58 Å². The van der Waals surface area contributed by atoms with Crippen molar-refractivity contribution in [3.8, 4) is 5.69 Å². The van der Waals surface area contributed by atoms with Crippen LogP contribution in [0.5, 0.6) is 0 Å². The summed E-state index contributed by atoms with van der Waals surface area (Å²) in [6, 6.07) is 17.7. The number of carbonyl (C=O) groups excluding carboxylic acids is 1. The second-order valence-electron chi connectivity index (χ2n) is 7.90. The van der Waals surface area contributed by atoms with Crippen LogP contribution in [0, 0.1) is 26.2 Å². The first-order valence-corrected chi connectivity index (χ1v) is 11.5. The van der Waals surface area contributed by atoms with Gasteiger partial charge < -0.3 is 4.57 Å². The summed E-state index contributed by atoms with van der Waals surface area (Å²) < 4.78 is 2.14. The van der Waals surface area contributed by atoms with Crippen molar-refractivity contribution in [2.24, 2.45) is 10.1 Å². The quantitative estimate of drug-likeness (QED) is 0.494. The average Bonchev–Trinajstić information content (AvgIpc) is 3.33. The van der Waals surface area contributed by atoms with Crippen molar-refractivity contribution >= 4 is 51.4 Å². The number of halogens is 1. The molecule has 164 valence electrons. The molecule has 0 spiro atoms. The number of hydrogen-bond acceptors (Lipinski definition) is 4. The highest BCUT2D eigenvalue weighted by molar-refractivity contribution is 8.27. The summed E-state index contributed by atoms with van der Waals surface area (Å²) in [5.41, 5.74) is 6.07. The van der Waals surface area contributed by atoms with Gasteiger partial charge in [0.2, 0.25) is 5.17 Å². The van der Waals surface area contributed by atoms with Crippen molar-refractivity contribution in [3.05, 3.63) is 93.3 Å². The highest BCUT2D eigenvalue weighted by Gasteiger charge is 2.36. The molecule has 0 saturated heterocycles. The van der Waals surface area contributed by atoms with Gasteiger partial charge in [-0.1, -0.05) is 47.5 Å². The minimum atomic E-state index is -0.450. The van der Waals surface area contributed by atoms with Gasteiger partial charge in [0.05, 0.1) is 10.6 Å². The molecule has 6 nitrogen and oxygen atoms in total. The molecule has 0 fully saturated rings. The van der Waals surface area contributed by atoms with Crippen molar-refractivity contribution in [2.45, 2.75) is 20.8 Å². The van der Waals surface area contributed by atoms with E-state index >= 15 is 0 Å². The van der Waals surface area contributed by atoms with Crippen LogP contribution >= 0.6 is 23.4 Å². The predicted molar refractivity (Wildman–Crippen MR) is 136 cm³/mol. The van der Waals surface area contributed by atoms with E-state index in [1.54, 1.807) is 12.1 Å². The minimum absolute atomic E-state index is 0.000285. The lowest BCUT2D eigenvalue weighted by Crippen LogP contribution is -2.35. The van der Waals surface area contributed by atoms with Gasteiger partial charge in [0.1, 0.15) is 5.04 Å². The van der Waals surface area contributed by atoms with Gasteiger partial charge in [-0.05, 0) is 68.4 Å². The fourth-order valence-electron chi connectivity index (χ4n) is 3.92. The molecule has 1 amide bonds. The maximum Gasteiger partial charge on any atom is 0.283 e. The van der Waals surface area contributed by atoms with E-state index in [0.717, 1.165) is 28.2 Å². The maximum atomic E-state index is 12.9. The summed E-state index contributed by atoms with van der Waals surface area (Å²) in [6.07, 6.45) is 1.73. The van der Waals surface area contributed by atoms with Crippen LogP contribution in [0.3, 0.4) is 0 Å². The van der Waals surface area contributed by atoms with E-state index in [1.165, 1.54) is 22.3 Å². The number of aromatic nitrogens is 1.